The van der Waals surface area contributed by atoms with E-state index in [1.807, 2.05) is 6.07 Å². The van der Waals surface area contributed by atoms with Gasteiger partial charge in [-0.25, -0.2) is 0 Å². The third-order valence-electron chi connectivity index (χ3n) is 3.52. The molecular formula is C15H28N4O. The van der Waals surface area contributed by atoms with Gasteiger partial charge in [0.1, 0.15) is 0 Å². The topological polar surface area (TPSA) is 68.2 Å². The van der Waals surface area contributed by atoms with Crippen LogP contribution in [0.2, 0.25) is 0 Å². The molecule has 1 rings (SSSR count). The second-order valence-electron chi connectivity index (χ2n) is 6.51. The van der Waals surface area contributed by atoms with E-state index in [9.17, 15) is 4.79 Å². The normalized spacial score (nSPS) is 20.4. The standard InChI is InChI=1S/C15H28N4O/c1-15(2,3)18-11-13-7-4-5-10-19(13)12-14(20)17-9-6-8-16/h13,18H,4-7,9-12H2,1-3H3,(H,17,20). The van der Waals surface area contributed by atoms with Crippen LogP contribution in [0, 0.1) is 11.3 Å². The van der Waals surface area contributed by atoms with Crippen molar-refractivity contribution in [3.8, 4) is 6.07 Å². The molecule has 1 aliphatic rings. The summed E-state index contributed by atoms with van der Waals surface area (Å²) in [6.07, 6.45) is 3.93. The van der Waals surface area contributed by atoms with Gasteiger partial charge in [0.25, 0.3) is 0 Å². The summed E-state index contributed by atoms with van der Waals surface area (Å²) in [5.41, 5.74) is 0.109. The van der Waals surface area contributed by atoms with Crippen molar-refractivity contribution in [2.24, 2.45) is 0 Å². The van der Waals surface area contributed by atoms with Crippen molar-refractivity contribution in [3.05, 3.63) is 0 Å². The van der Waals surface area contributed by atoms with Crippen LogP contribution in [0.1, 0.15) is 46.5 Å². The summed E-state index contributed by atoms with van der Waals surface area (Å²) in [5.74, 6) is 0.0305. The Morgan fingerprint density at radius 1 is 1.40 bits per heavy atom. The van der Waals surface area contributed by atoms with Gasteiger partial charge < -0.3 is 10.6 Å². The molecule has 1 heterocycles. The van der Waals surface area contributed by atoms with E-state index >= 15 is 0 Å². The molecular weight excluding hydrogens is 252 g/mol. The van der Waals surface area contributed by atoms with E-state index in [1.54, 1.807) is 0 Å². The molecule has 0 aromatic carbocycles. The molecule has 0 spiro atoms. The molecule has 0 radical (unpaired) electrons. The van der Waals surface area contributed by atoms with Crippen LogP contribution in [0.4, 0.5) is 0 Å². The average Bonchev–Trinajstić information content (AvgIpc) is 2.37. The number of nitriles is 1. The molecule has 20 heavy (non-hydrogen) atoms. The fourth-order valence-corrected chi connectivity index (χ4v) is 2.42. The summed E-state index contributed by atoms with van der Waals surface area (Å²) < 4.78 is 0. The van der Waals surface area contributed by atoms with E-state index in [4.69, 9.17) is 5.26 Å². The van der Waals surface area contributed by atoms with Crippen molar-refractivity contribution in [3.63, 3.8) is 0 Å². The number of amides is 1. The second kappa shape index (κ2) is 8.23. The van der Waals surface area contributed by atoms with Gasteiger partial charge in [0.05, 0.1) is 19.0 Å². The molecule has 5 heteroatoms. The van der Waals surface area contributed by atoms with Crippen LogP contribution in [0.15, 0.2) is 0 Å². The number of rotatable bonds is 6. The molecule has 0 saturated carbocycles. The highest BCUT2D eigenvalue weighted by atomic mass is 16.2. The molecule has 2 N–H and O–H groups in total. The van der Waals surface area contributed by atoms with Crippen molar-refractivity contribution in [2.45, 2.75) is 58.0 Å². The first-order chi connectivity index (χ1) is 9.42. The summed E-state index contributed by atoms with van der Waals surface area (Å²) in [6, 6.07) is 2.47. The van der Waals surface area contributed by atoms with Crippen LogP contribution in [-0.2, 0) is 4.79 Å². The monoisotopic (exact) mass is 280 g/mol. The van der Waals surface area contributed by atoms with Crippen molar-refractivity contribution in [1.82, 2.24) is 15.5 Å². The van der Waals surface area contributed by atoms with Crippen LogP contribution in [0.25, 0.3) is 0 Å². The van der Waals surface area contributed by atoms with E-state index < -0.39 is 0 Å². The highest BCUT2D eigenvalue weighted by molar-refractivity contribution is 5.78. The maximum absolute atomic E-state index is 11.9. The SMILES string of the molecule is CC(C)(C)NCC1CCCCN1CC(=O)NCCC#N. The van der Waals surface area contributed by atoms with Gasteiger partial charge in [-0.1, -0.05) is 6.42 Å². The molecule has 1 unspecified atom stereocenters. The van der Waals surface area contributed by atoms with Crippen molar-refractivity contribution in [1.29, 1.82) is 5.26 Å². The molecule has 114 valence electrons. The minimum Gasteiger partial charge on any atom is -0.354 e. The Labute approximate surface area is 122 Å². The zero-order valence-corrected chi connectivity index (χ0v) is 13.0. The third-order valence-corrected chi connectivity index (χ3v) is 3.52. The quantitative estimate of drug-likeness (QED) is 0.719. The molecule has 1 saturated heterocycles. The Morgan fingerprint density at radius 2 is 2.15 bits per heavy atom. The van der Waals surface area contributed by atoms with E-state index in [2.05, 4.69) is 36.3 Å². The first kappa shape index (κ1) is 16.9. The maximum atomic E-state index is 11.9. The number of piperidine rings is 1. The van der Waals surface area contributed by atoms with Crippen LogP contribution >= 0.6 is 0 Å². The van der Waals surface area contributed by atoms with Gasteiger partial charge in [0, 0.05) is 24.7 Å². The molecule has 0 aromatic rings. The van der Waals surface area contributed by atoms with Gasteiger partial charge in [0.15, 0.2) is 0 Å². The van der Waals surface area contributed by atoms with E-state index in [-0.39, 0.29) is 11.4 Å². The Hall–Kier alpha value is -1.12. The molecule has 1 aliphatic heterocycles. The Bertz CT molecular complexity index is 343. The fraction of sp³-hybridized carbons (Fsp3) is 0.867. The first-order valence-electron chi connectivity index (χ1n) is 7.55. The van der Waals surface area contributed by atoms with Gasteiger partial charge in [0.2, 0.25) is 5.91 Å². The maximum Gasteiger partial charge on any atom is 0.234 e. The molecule has 0 bridgehead atoms. The van der Waals surface area contributed by atoms with Crippen LogP contribution < -0.4 is 10.6 Å². The van der Waals surface area contributed by atoms with Crippen molar-refractivity contribution in [2.75, 3.05) is 26.2 Å². The molecule has 5 nitrogen and oxygen atoms in total. The summed E-state index contributed by atoms with van der Waals surface area (Å²) in [7, 11) is 0. The summed E-state index contributed by atoms with van der Waals surface area (Å²) in [6.45, 7) is 9.30. The van der Waals surface area contributed by atoms with Gasteiger partial charge in [-0.2, -0.15) is 5.26 Å². The van der Waals surface area contributed by atoms with Crippen LogP contribution in [-0.4, -0.2) is 48.6 Å². The fourth-order valence-electron chi connectivity index (χ4n) is 2.42. The highest BCUT2D eigenvalue weighted by Gasteiger charge is 2.25. The number of nitrogens with one attached hydrogen (secondary N) is 2. The van der Waals surface area contributed by atoms with Gasteiger partial charge in [-0.15, -0.1) is 0 Å². The van der Waals surface area contributed by atoms with E-state index in [0.717, 1.165) is 25.9 Å². The minimum atomic E-state index is 0.0305. The summed E-state index contributed by atoms with van der Waals surface area (Å²) in [4.78, 5) is 14.1. The minimum absolute atomic E-state index is 0.0305. The Kier molecular flexibility index (Phi) is 6.97. The van der Waals surface area contributed by atoms with E-state index in [1.165, 1.54) is 6.42 Å². The Morgan fingerprint density at radius 3 is 2.80 bits per heavy atom. The molecule has 1 amide bonds. The summed E-state index contributed by atoms with van der Waals surface area (Å²) >= 11 is 0. The molecule has 0 aromatic heterocycles. The predicted molar refractivity (Wildman–Crippen MR) is 80.2 cm³/mol. The second-order valence-corrected chi connectivity index (χ2v) is 6.51. The zero-order chi connectivity index (χ0) is 15.0. The van der Waals surface area contributed by atoms with Gasteiger partial charge in [-0.05, 0) is 40.2 Å². The largest absolute Gasteiger partial charge is 0.354 e. The summed E-state index contributed by atoms with van der Waals surface area (Å²) in [5, 5.41) is 14.8. The Balaban J connectivity index is 2.39. The first-order valence-corrected chi connectivity index (χ1v) is 7.55. The lowest BCUT2D eigenvalue weighted by atomic mass is 10.0. The number of carbonyl (C=O) groups excluding carboxylic acids is 1. The molecule has 1 fully saturated rings. The number of likely N-dealkylation sites (tertiary alicyclic amines) is 1. The highest BCUT2D eigenvalue weighted by Crippen LogP contribution is 2.16. The van der Waals surface area contributed by atoms with Crippen molar-refractivity contribution >= 4 is 5.91 Å². The predicted octanol–water partition coefficient (Wildman–Crippen LogP) is 1.26. The van der Waals surface area contributed by atoms with E-state index in [0.29, 0.717) is 25.6 Å². The van der Waals surface area contributed by atoms with Crippen LogP contribution in [0.3, 0.4) is 0 Å². The van der Waals surface area contributed by atoms with Crippen molar-refractivity contribution < 1.29 is 4.79 Å². The smallest absolute Gasteiger partial charge is 0.234 e. The van der Waals surface area contributed by atoms with Crippen LogP contribution in [0.5, 0.6) is 0 Å². The lowest BCUT2D eigenvalue weighted by Crippen LogP contribution is -2.52. The molecule has 0 aliphatic carbocycles. The molecule has 1 atom stereocenters. The average molecular weight is 280 g/mol. The number of hydrogen-bond donors (Lipinski definition) is 2. The van der Waals surface area contributed by atoms with Gasteiger partial charge in [-0.3, -0.25) is 9.69 Å². The van der Waals surface area contributed by atoms with Gasteiger partial charge >= 0.3 is 0 Å². The zero-order valence-electron chi connectivity index (χ0n) is 13.0. The lowest BCUT2D eigenvalue weighted by Gasteiger charge is -2.37. The lowest BCUT2D eigenvalue weighted by molar-refractivity contribution is -0.123. The third kappa shape index (κ3) is 6.88. The number of hydrogen-bond acceptors (Lipinski definition) is 4. The number of nitrogens with zero attached hydrogens (tertiary/aromatic N) is 2. The number of carbonyl (C=O) groups is 1.